The highest BCUT2D eigenvalue weighted by molar-refractivity contribution is 6.74. The minimum absolute atomic E-state index is 0.0180. The number of carbonyl (C=O) groups excluding carboxylic acids is 2. The first-order valence-corrected chi connectivity index (χ1v) is 23.2. The molecule has 0 spiro atoms. The highest BCUT2D eigenvalue weighted by Gasteiger charge is 2.43. The van der Waals surface area contributed by atoms with Gasteiger partial charge in [0.1, 0.15) is 11.4 Å². The molecule has 0 fully saturated rings. The summed E-state index contributed by atoms with van der Waals surface area (Å²) in [4.78, 5) is 26.4. The van der Waals surface area contributed by atoms with E-state index in [1.165, 1.54) is 57.8 Å². The molecular formula is C35H73NO5Si2. The van der Waals surface area contributed by atoms with Crippen LogP contribution in [0.5, 0.6) is 0 Å². The largest absolute Gasteiger partial charge is 0.444 e. The highest BCUT2D eigenvalue weighted by Crippen LogP contribution is 2.39. The predicted octanol–water partition coefficient (Wildman–Crippen LogP) is 11.0. The fraction of sp³-hybridized carbons (Fsp3) is 0.943. The molecule has 0 saturated carbocycles. The molecule has 0 aliphatic carbocycles. The molecule has 0 unspecified atom stereocenters. The molecule has 256 valence electrons. The van der Waals surface area contributed by atoms with Crippen molar-refractivity contribution in [2.24, 2.45) is 0 Å². The minimum atomic E-state index is -2.26. The molecule has 1 N–H and O–H groups in total. The van der Waals surface area contributed by atoms with Crippen LogP contribution in [-0.2, 0) is 18.4 Å². The summed E-state index contributed by atoms with van der Waals surface area (Å²) in [5.41, 5.74) is -0.629. The van der Waals surface area contributed by atoms with E-state index in [4.69, 9.17) is 13.6 Å². The van der Waals surface area contributed by atoms with Gasteiger partial charge in [-0.1, -0.05) is 113 Å². The van der Waals surface area contributed by atoms with Crippen molar-refractivity contribution in [2.45, 2.75) is 207 Å². The molecule has 2 atom stereocenters. The zero-order valence-corrected chi connectivity index (χ0v) is 33.1. The average molecular weight is 644 g/mol. The Labute approximate surface area is 269 Å². The van der Waals surface area contributed by atoms with Gasteiger partial charge in [-0.2, -0.15) is 0 Å². The number of carbonyl (C=O) groups is 2. The maximum Gasteiger partial charge on any atom is 0.408 e. The van der Waals surface area contributed by atoms with Crippen LogP contribution in [0.4, 0.5) is 4.79 Å². The summed E-state index contributed by atoms with van der Waals surface area (Å²) in [7, 11) is -4.38. The molecule has 0 heterocycles. The van der Waals surface area contributed by atoms with Crippen molar-refractivity contribution in [3.05, 3.63) is 0 Å². The molecule has 0 rings (SSSR count). The van der Waals surface area contributed by atoms with Crippen molar-refractivity contribution in [3.8, 4) is 0 Å². The van der Waals surface area contributed by atoms with Crippen molar-refractivity contribution in [1.29, 1.82) is 0 Å². The van der Waals surface area contributed by atoms with Crippen LogP contribution < -0.4 is 5.32 Å². The number of ether oxygens (including phenoxy) is 1. The smallest absolute Gasteiger partial charge is 0.408 e. The Morgan fingerprint density at radius 3 is 1.53 bits per heavy atom. The van der Waals surface area contributed by atoms with Gasteiger partial charge in [0, 0.05) is 12.8 Å². The molecule has 0 aromatic heterocycles. The van der Waals surface area contributed by atoms with Crippen molar-refractivity contribution in [2.75, 3.05) is 6.61 Å². The molecule has 8 heteroatoms. The van der Waals surface area contributed by atoms with Crippen LogP contribution in [-0.4, -0.2) is 52.9 Å². The summed E-state index contributed by atoms with van der Waals surface area (Å²) >= 11 is 0. The summed E-state index contributed by atoms with van der Waals surface area (Å²) in [6, 6.07) is -0.487. The number of alkyl carbamates (subject to hydrolysis) is 1. The SMILES string of the molecule is CCCCCCCCCCCCCC(=O)C[C@H](O[Si](C)(C)C(C)(C)C)[C@H](CO[Si](C)(C)C(C)(C)C)NC(=O)OC(C)(C)C. The van der Waals surface area contributed by atoms with Crippen LogP contribution in [0.1, 0.15) is 153 Å². The van der Waals surface area contributed by atoms with Crippen molar-refractivity contribution >= 4 is 28.5 Å². The Bertz CT molecular complexity index is 794. The molecule has 0 radical (unpaired) electrons. The van der Waals surface area contributed by atoms with E-state index in [9.17, 15) is 9.59 Å². The van der Waals surface area contributed by atoms with Crippen LogP contribution in [0.3, 0.4) is 0 Å². The molecular weight excluding hydrogens is 571 g/mol. The number of hydrogen-bond acceptors (Lipinski definition) is 5. The topological polar surface area (TPSA) is 73.9 Å². The Kier molecular flexibility index (Phi) is 18.8. The van der Waals surface area contributed by atoms with Crippen molar-refractivity contribution < 1.29 is 23.2 Å². The number of unbranched alkanes of at least 4 members (excludes halogenated alkanes) is 10. The van der Waals surface area contributed by atoms with E-state index in [0.717, 1.165) is 12.8 Å². The fourth-order valence-electron chi connectivity index (χ4n) is 4.35. The predicted molar refractivity (Wildman–Crippen MR) is 189 cm³/mol. The number of nitrogens with one attached hydrogen (secondary N) is 1. The molecule has 6 nitrogen and oxygen atoms in total. The Morgan fingerprint density at radius 2 is 1.12 bits per heavy atom. The first kappa shape index (κ1) is 42.3. The molecule has 1 amide bonds. The highest BCUT2D eigenvalue weighted by atomic mass is 28.4. The van der Waals surface area contributed by atoms with Crippen LogP contribution in [0.25, 0.3) is 0 Å². The summed E-state index contributed by atoms with van der Waals surface area (Å²) in [5, 5.41) is 3.05. The fourth-order valence-corrected chi connectivity index (χ4v) is 6.74. The second kappa shape index (κ2) is 19.1. The number of amides is 1. The summed E-state index contributed by atoms with van der Waals surface area (Å²) in [6.07, 6.45) is 13.7. The van der Waals surface area contributed by atoms with E-state index in [1.54, 1.807) is 0 Å². The maximum atomic E-state index is 13.4. The van der Waals surface area contributed by atoms with E-state index < -0.39 is 40.5 Å². The van der Waals surface area contributed by atoms with E-state index in [0.29, 0.717) is 13.0 Å². The Hall–Kier alpha value is -0.706. The van der Waals surface area contributed by atoms with Crippen LogP contribution in [0.2, 0.25) is 36.3 Å². The number of hydrogen-bond donors (Lipinski definition) is 1. The number of ketones is 1. The van der Waals surface area contributed by atoms with Crippen LogP contribution in [0, 0.1) is 0 Å². The minimum Gasteiger partial charge on any atom is -0.444 e. The summed E-state index contributed by atoms with van der Waals surface area (Å²) in [6.45, 7) is 30.2. The van der Waals surface area contributed by atoms with Gasteiger partial charge in [0.15, 0.2) is 16.6 Å². The van der Waals surface area contributed by atoms with Crippen molar-refractivity contribution in [1.82, 2.24) is 5.32 Å². The van der Waals surface area contributed by atoms with E-state index in [1.807, 2.05) is 20.8 Å². The lowest BCUT2D eigenvalue weighted by atomic mass is 10.0. The van der Waals surface area contributed by atoms with Gasteiger partial charge in [0.05, 0.1) is 18.8 Å². The van der Waals surface area contributed by atoms with Gasteiger partial charge in [-0.15, -0.1) is 0 Å². The number of rotatable bonds is 21. The lowest BCUT2D eigenvalue weighted by Crippen LogP contribution is -2.56. The van der Waals surface area contributed by atoms with Crippen LogP contribution >= 0.6 is 0 Å². The van der Waals surface area contributed by atoms with E-state index >= 15 is 0 Å². The molecule has 43 heavy (non-hydrogen) atoms. The van der Waals surface area contributed by atoms with Gasteiger partial charge >= 0.3 is 6.09 Å². The quantitative estimate of drug-likeness (QED) is 0.0995. The third-order valence-corrected chi connectivity index (χ3v) is 18.3. The van der Waals surface area contributed by atoms with Gasteiger partial charge in [-0.05, 0) is 63.5 Å². The third-order valence-electron chi connectivity index (χ3n) is 9.32. The van der Waals surface area contributed by atoms with Gasteiger partial charge in [0.2, 0.25) is 0 Å². The zero-order chi connectivity index (χ0) is 33.5. The molecule has 0 aromatic rings. The molecule has 0 aromatic carbocycles. The second-order valence-electron chi connectivity index (χ2n) is 16.8. The van der Waals surface area contributed by atoms with E-state index in [2.05, 4.69) is 80.0 Å². The Morgan fingerprint density at radius 1 is 0.674 bits per heavy atom. The average Bonchev–Trinajstić information content (AvgIpc) is 2.82. The van der Waals surface area contributed by atoms with Gasteiger partial charge < -0.3 is 18.9 Å². The molecule has 0 bridgehead atoms. The molecule has 0 saturated heterocycles. The monoisotopic (exact) mass is 644 g/mol. The summed E-state index contributed by atoms with van der Waals surface area (Å²) in [5.74, 6) is 0.197. The third kappa shape index (κ3) is 18.8. The van der Waals surface area contributed by atoms with Crippen LogP contribution in [0.15, 0.2) is 0 Å². The zero-order valence-electron chi connectivity index (χ0n) is 31.1. The Balaban J connectivity index is 5.52. The second-order valence-corrected chi connectivity index (χ2v) is 26.3. The normalized spacial score (nSPS) is 14.8. The number of Topliss-reactive ketones (excluding diaryl/α,β-unsaturated/α-hetero) is 1. The summed E-state index contributed by atoms with van der Waals surface area (Å²) < 4.78 is 19.2. The van der Waals surface area contributed by atoms with Crippen molar-refractivity contribution in [3.63, 3.8) is 0 Å². The van der Waals surface area contributed by atoms with Gasteiger partial charge in [-0.3, -0.25) is 4.79 Å². The van der Waals surface area contributed by atoms with Gasteiger partial charge in [0.25, 0.3) is 0 Å². The lowest BCUT2D eigenvalue weighted by Gasteiger charge is -2.43. The molecule has 0 aliphatic heterocycles. The first-order valence-electron chi connectivity index (χ1n) is 17.4. The van der Waals surface area contributed by atoms with Gasteiger partial charge in [-0.25, -0.2) is 4.79 Å². The molecule has 0 aliphatic rings. The van der Waals surface area contributed by atoms with E-state index in [-0.39, 0.29) is 22.3 Å². The standard InChI is InChI=1S/C35H73NO5Si2/c1-15-16-17-18-19-20-21-22-23-24-25-26-29(37)27-31(41-43(13,14)35(8,9)10)30(36-32(38)40-33(2,3)4)28-39-42(11,12)34(5,6)7/h30-31H,15-28H2,1-14H3,(H,36,38)/t30-,31-/m0/s1. The first-order chi connectivity index (χ1) is 19.5. The lowest BCUT2D eigenvalue weighted by molar-refractivity contribution is -0.121. The maximum absolute atomic E-state index is 13.4.